The van der Waals surface area contributed by atoms with E-state index in [1.54, 1.807) is 6.92 Å². The number of hydrogen-bond acceptors (Lipinski definition) is 6. The maximum Gasteiger partial charge on any atom is 0.270 e. The topological polar surface area (TPSA) is 109 Å². The SMILES string of the molecule is CC[C@H](Sc1ncc(S(=O)(=O)c2ccc(Cl)cc2)c(=O)[nH]1)C(=O)Nc1ccc(F)cc1. The number of H-pyrrole nitrogens is 1. The molecule has 3 rings (SSSR count). The Morgan fingerprint density at radius 1 is 1.19 bits per heavy atom. The van der Waals surface area contributed by atoms with Gasteiger partial charge in [0.25, 0.3) is 5.56 Å². The molecular formula is C20H17ClFN3O4S2. The molecule has 0 unspecified atom stereocenters. The number of aromatic amines is 1. The number of sulfone groups is 1. The van der Waals surface area contributed by atoms with E-state index in [2.05, 4.69) is 15.3 Å². The highest BCUT2D eigenvalue weighted by Gasteiger charge is 2.24. The van der Waals surface area contributed by atoms with E-state index < -0.39 is 31.4 Å². The molecule has 2 N–H and O–H groups in total. The van der Waals surface area contributed by atoms with Crippen LogP contribution in [-0.4, -0.2) is 29.5 Å². The predicted molar refractivity (Wildman–Crippen MR) is 117 cm³/mol. The van der Waals surface area contributed by atoms with Gasteiger partial charge in [0.15, 0.2) is 10.1 Å². The van der Waals surface area contributed by atoms with E-state index in [9.17, 15) is 22.4 Å². The van der Waals surface area contributed by atoms with Gasteiger partial charge in [-0.3, -0.25) is 9.59 Å². The molecule has 1 atom stereocenters. The van der Waals surface area contributed by atoms with Crippen molar-refractivity contribution in [2.75, 3.05) is 5.32 Å². The van der Waals surface area contributed by atoms with Gasteiger partial charge < -0.3 is 10.3 Å². The van der Waals surface area contributed by atoms with Crippen LogP contribution in [-0.2, 0) is 14.6 Å². The van der Waals surface area contributed by atoms with Crippen LogP contribution in [0.2, 0.25) is 5.02 Å². The standard InChI is InChI=1S/C20H17ClFN3O4S2/c1-2-16(18(26)24-14-7-5-13(22)6-8-14)30-20-23-11-17(19(27)25-20)31(28,29)15-9-3-12(21)4-10-15/h3-11,16H,2H2,1H3,(H,24,26)(H,23,25,27)/t16-/m0/s1. The van der Waals surface area contributed by atoms with Crippen molar-refractivity contribution in [2.45, 2.75) is 33.5 Å². The van der Waals surface area contributed by atoms with Crippen molar-refractivity contribution >= 4 is 44.8 Å². The average molecular weight is 482 g/mol. The van der Waals surface area contributed by atoms with Crippen LogP contribution in [0, 0.1) is 5.82 Å². The van der Waals surface area contributed by atoms with E-state index >= 15 is 0 Å². The van der Waals surface area contributed by atoms with Crippen LogP contribution in [0.4, 0.5) is 10.1 Å². The first-order valence-electron chi connectivity index (χ1n) is 9.03. The number of halogens is 2. The fourth-order valence-corrected chi connectivity index (χ4v) is 4.80. The summed E-state index contributed by atoms with van der Waals surface area (Å²) in [6, 6.07) is 10.7. The lowest BCUT2D eigenvalue weighted by atomic mass is 10.2. The Morgan fingerprint density at radius 3 is 2.42 bits per heavy atom. The first kappa shape index (κ1) is 23.0. The number of benzene rings is 2. The summed E-state index contributed by atoms with van der Waals surface area (Å²) in [6.07, 6.45) is 1.38. The molecule has 0 bridgehead atoms. The van der Waals surface area contributed by atoms with Crippen molar-refractivity contribution in [1.82, 2.24) is 9.97 Å². The van der Waals surface area contributed by atoms with Crippen LogP contribution in [0.5, 0.6) is 0 Å². The van der Waals surface area contributed by atoms with Crippen LogP contribution in [0.1, 0.15) is 13.3 Å². The number of rotatable bonds is 7. The van der Waals surface area contributed by atoms with Gasteiger partial charge >= 0.3 is 0 Å². The number of carbonyl (C=O) groups is 1. The smallest absolute Gasteiger partial charge is 0.270 e. The van der Waals surface area contributed by atoms with Crippen molar-refractivity contribution < 1.29 is 17.6 Å². The van der Waals surface area contributed by atoms with Crippen molar-refractivity contribution in [1.29, 1.82) is 0 Å². The second-order valence-electron chi connectivity index (χ2n) is 6.35. The predicted octanol–water partition coefficient (Wildman–Crippen LogP) is 3.90. The Hall–Kier alpha value is -2.69. The summed E-state index contributed by atoms with van der Waals surface area (Å²) in [7, 11) is -4.08. The highest BCUT2D eigenvalue weighted by molar-refractivity contribution is 8.00. The normalized spacial score (nSPS) is 12.4. The van der Waals surface area contributed by atoms with Gasteiger partial charge in [0.1, 0.15) is 5.82 Å². The molecule has 0 saturated carbocycles. The van der Waals surface area contributed by atoms with Crippen LogP contribution >= 0.6 is 23.4 Å². The first-order chi connectivity index (χ1) is 14.7. The Kier molecular flexibility index (Phi) is 7.14. The van der Waals surface area contributed by atoms with Crippen LogP contribution in [0.3, 0.4) is 0 Å². The molecule has 0 fully saturated rings. The number of nitrogens with zero attached hydrogens (tertiary/aromatic N) is 1. The fraction of sp³-hybridized carbons (Fsp3) is 0.150. The Morgan fingerprint density at radius 2 is 1.84 bits per heavy atom. The summed E-state index contributed by atoms with van der Waals surface area (Å²) in [6.45, 7) is 1.78. The Labute approximate surface area is 187 Å². The molecule has 0 aliphatic carbocycles. The number of amides is 1. The molecule has 0 radical (unpaired) electrons. The summed E-state index contributed by atoms with van der Waals surface area (Å²) >= 11 is 6.76. The molecule has 1 heterocycles. The number of carbonyl (C=O) groups excluding carboxylic acids is 1. The third-order valence-corrected chi connectivity index (χ3v) is 7.46. The number of aromatic nitrogens is 2. The zero-order chi connectivity index (χ0) is 22.6. The molecule has 2 aromatic carbocycles. The third kappa shape index (κ3) is 5.52. The van der Waals surface area contributed by atoms with E-state index in [0.29, 0.717) is 17.1 Å². The van der Waals surface area contributed by atoms with E-state index in [1.165, 1.54) is 48.5 Å². The number of thioether (sulfide) groups is 1. The molecule has 7 nitrogen and oxygen atoms in total. The van der Waals surface area contributed by atoms with Crippen LogP contribution in [0.25, 0.3) is 0 Å². The number of anilines is 1. The largest absolute Gasteiger partial charge is 0.325 e. The second kappa shape index (κ2) is 9.63. The van der Waals surface area contributed by atoms with Crippen molar-refractivity contribution in [3.8, 4) is 0 Å². The van der Waals surface area contributed by atoms with E-state index in [4.69, 9.17) is 11.6 Å². The summed E-state index contributed by atoms with van der Waals surface area (Å²) in [5.74, 6) is -0.783. The maximum atomic E-state index is 13.0. The fourth-order valence-electron chi connectivity index (χ4n) is 2.57. The highest BCUT2D eigenvalue weighted by atomic mass is 35.5. The molecule has 11 heteroatoms. The lowest BCUT2D eigenvalue weighted by Crippen LogP contribution is -2.26. The minimum atomic E-state index is -4.08. The lowest BCUT2D eigenvalue weighted by Gasteiger charge is -2.14. The van der Waals surface area contributed by atoms with Gasteiger partial charge in [-0.25, -0.2) is 17.8 Å². The van der Waals surface area contributed by atoms with Crippen molar-refractivity contribution in [2.24, 2.45) is 0 Å². The van der Waals surface area contributed by atoms with Gasteiger partial charge in [-0.15, -0.1) is 0 Å². The third-order valence-electron chi connectivity index (χ3n) is 4.19. The maximum absolute atomic E-state index is 13.0. The van der Waals surface area contributed by atoms with Gasteiger partial charge in [-0.05, 0) is 55.0 Å². The van der Waals surface area contributed by atoms with Gasteiger partial charge in [0, 0.05) is 10.7 Å². The minimum Gasteiger partial charge on any atom is -0.325 e. The van der Waals surface area contributed by atoms with E-state index in [0.717, 1.165) is 18.0 Å². The van der Waals surface area contributed by atoms with E-state index in [-0.39, 0.29) is 16.0 Å². The molecule has 0 aliphatic heterocycles. The van der Waals surface area contributed by atoms with Gasteiger partial charge in [0.2, 0.25) is 15.7 Å². The zero-order valence-electron chi connectivity index (χ0n) is 16.1. The quantitative estimate of drug-likeness (QED) is 0.391. The molecule has 31 heavy (non-hydrogen) atoms. The molecule has 1 aromatic heterocycles. The zero-order valence-corrected chi connectivity index (χ0v) is 18.5. The van der Waals surface area contributed by atoms with Gasteiger partial charge in [0.05, 0.1) is 16.3 Å². The molecule has 1 amide bonds. The molecule has 0 spiro atoms. The lowest BCUT2D eigenvalue weighted by molar-refractivity contribution is -0.115. The summed E-state index contributed by atoms with van der Waals surface area (Å²) in [5.41, 5.74) is -0.419. The minimum absolute atomic E-state index is 0.0882. The monoisotopic (exact) mass is 481 g/mol. The second-order valence-corrected chi connectivity index (χ2v) is 9.90. The highest BCUT2D eigenvalue weighted by Crippen LogP contribution is 2.24. The average Bonchev–Trinajstić information content (AvgIpc) is 2.73. The summed E-state index contributed by atoms with van der Waals surface area (Å²) < 4.78 is 38.4. The first-order valence-corrected chi connectivity index (χ1v) is 11.8. The van der Waals surface area contributed by atoms with Crippen LogP contribution < -0.4 is 10.9 Å². The molecule has 0 aliphatic rings. The molecular weight excluding hydrogens is 465 g/mol. The molecule has 162 valence electrons. The van der Waals surface area contributed by atoms with Crippen molar-refractivity contribution in [3.63, 3.8) is 0 Å². The van der Waals surface area contributed by atoms with Gasteiger partial charge in [-0.2, -0.15) is 0 Å². The summed E-state index contributed by atoms with van der Waals surface area (Å²) in [4.78, 5) is 30.8. The Bertz CT molecular complexity index is 1250. The Balaban J connectivity index is 1.78. The number of hydrogen-bond donors (Lipinski definition) is 2. The molecule has 3 aromatic rings. The van der Waals surface area contributed by atoms with Crippen molar-refractivity contribution in [3.05, 3.63) is 75.9 Å². The van der Waals surface area contributed by atoms with Crippen LogP contribution in [0.15, 0.2) is 74.5 Å². The van der Waals surface area contributed by atoms with E-state index in [1.807, 2.05) is 0 Å². The van der Waals surface area contributed by atoms with Gasteiger partial charge in [-0.1, -0.05) is 30.3 Å². The molecule has 0 saturated heterocycles. The summed E-state index contributed by atoms with van der Waals surface area (Å²) in [5, 5.41) is 2.51. The number of nitrogens with one attached hydrogen (secondary N) is 2.